The summed E-state index contributed by atoms with van der Waals surface area (Å²) in [4.78, 5) is 30.7. The van der Waals surface area contributed by atoms with Gasteiger partial charge in [0.25, 0.3) is 5.91 Å². The molecular weight excluding hydrogens is 423 g/mol. The summed E-state index contributed by atoms with van der Waals surface area (Å²) in [5.41, 5.74) is 4.34. The number of benzene rings is 1. The number of aromatic nitrogens is 2. The summed E-state index contributed by atoms with van der Waals surface area (Å²) < 4.78 is 23.4. The number of carbonyl (C=O) groups is 2. The Morgan fingerprint density at radius 2 is 2.03 bits per heavy atom. The molecule has 2 amide bonds. The van der Waals surface area contributed by atoms with Crippen LogP contribution in [0.25, 0.3) is 16.9 Å². The summed E-state index contributed by atoms with van der Waals surface area (Å²) in [6.45, 7) is 8.20. The number of rotatable bonds is 4. The zero-order valence-corrected chi connectivity index (χ0v) is 19.6. The van der Waals surface area contributed by atoms with Crippen LogP contribution in [0, 0.1) is 19.7 Å². The van der Waals surface area contributed by atoms with E-state index in [0.29, 0.717) is 42.0 Å². The molecule has 174 valence electrons. The Balaban J connectivity index is 1.81. The SMILES string of the molecule is CNC(=O)c1cc(C)c(-c2nc3cc(C)ccn3c2C[C@H]2CN(C(C)=O)[C@@H](C)CO2)c(F)c1. The first-order valence-electron chi connectivity index (χ1n) is 11.1. The smallest absolute Gasteiger partial charge is 0.251 e. The Kier molecular flexibility index (Phi) is 6.21. The van der Waals surface area contributed by atoms with Gasteiger partial charge in [-0.25, -0.2) is 9.37 Å². The molecule has 2 atom stereocenters. The van der Waals surface area contributed by atoms with E-state index in [1.165, 1.54) is 13.1 Å². The zero-order chi connectivity index (χ0) is 23.9. The number of hydrogen-bond acceptors (Lipinski definition) is 4. The number of carbonyl (C=O) groups excluding carboxylic acids is 2. The molecule has 7 nitrogen and oxygen atoms in total. The van der Waals surface area contributed by atoms with Gasteiger partial charge in [-0.3, -0.25) is 9.59 Å². The van der Waals surface area contributed by atoms with Crippen molar-refractivity contribution >= 4 is 17.5 Å². The van der Waals surface area contributed by atoms with Crippen molar-refractivity contribution in [3.8, 4) is 11.3 Å². The highest BCUT2D eigenvalue weighted by Crippen LogP contribution is 2.32. The molecule has 1 N–H and O–H groups in total. The van der Waals surface area contributed by atoms with Crippen molar-refractivity contribution in [3.05, 3.63) is 58.7 Å². The van der Waals surface area contributed by atoms with E-state index in [-0.39, 0.29) is 29.5 Å². The predicted molar refractivity (Wildman–Crippen MR) is 124 cm³/mol. The van der Waals surface area contributed by atoms with Gasteiger partial charge in [-0.1, -0.05) is 0 Å². The lowest BCUT2D eigenvalue weighted by Gasteiger charge is -2.37. The van der Waals surface area contributed by atoms with Crippen molar-refractivity contribution in [2.24, 2.45) is 0 Å². The van der Waals surface area contributed by atoms with Crippen molar-refractivity contribution < 1.29 is 18.7 Å². The molecule has 1 aliphatic rings. The monoisotopic (exact) mass is 452 g/mol. The van der Waals surface area contributed by atoms with Crippen LogP contribution in [0.4, 0.5) is 4.39 Å². The van der Waals surface area contributed by atoms with Gasteiger partial charge in [-0.2, -0.15) is 0 Å². The number of nitrogens with zero attached hydrogens (tertiary/aromatic N) is 3. The minimum Gasteiger partial charge on any atom is -0.374 e. The fraction of sp³-hybridized carbons (Fsp3) is 0.400. The third-order valence-corrected chi connectivity index (χ3v) is 6.23. The third-order valence-electron chi connectivity index (χ3n) is 6.23. The number of nitrogens with one attached hydrogen (secondary N) is 1. The first-order chi connectivity index (χ1) is 15.7. The summed E-state index contributed by atoms with van der Waals surface area (Å²) in [5.74, 6) is -0.835. The quantitative estimate of drug-likeness (QED) is 0.659. The van der Waals surface area contributed by atoms with E-state index < -0.39 is 5.82 Å². The van der Waals surface area contributed by atoms with Crippen LogP contribution in [-0.4, -0.2) is 58.4 Å². The second-order valence-corrected chi connectivity index (χ2v) is 8.75. The van der Waals surface area contributed by atoms with Crippen molar-refractivity contribution in [1.29, 1.82) is 0 Å². The molecule has 33 heavy (non-hydrogen) atoms. The standard InChI is InChI=1S/C25H29FN4O3/c1-14-6-7-29-21(11-19-12-30(17(4)31)16(3)13-33-19)24(28-22(29)8-14)23-15(2)9-18(10-20(23)26)25(32)27-5/h6-10,16,19H,11-13H2,1-5H3,(H,27,32)/t16-,19-/m0/s1. The minimum atomic E-state index is -0.501. The molecule has 1 aliphatic heterocycles. The van der Waals surface area contributed by atoms with Gasteiger partial charge in [0, 0.05) is 44.3 Å². The Labute approximate surface area is 192 Å². The molecule has 1 fully saturated rings. The number of pyridine rings is 1. The van der Waals surface area contributed by atoms with Crippen molar-refractivity contribution in [2.75, 3.05) is 20.2 Å². The molecule has 2 aromatic heterocycles. The summed E-state index contributed by atoms with van der Waals surface area (Å²) in [6.07, 6.45) is 2.15. The van der Waals surface area contributed by atoms with Crippen molar-refractivity contribution in [2.45, 2.75) is 46.3 Å². The van der Waals surface area contributed by atoms with Crippen LogP contribution in [-0.2, 0) is 16.0 Å². The molecule has 1 aromatic carbocycles. The van der Waals surface area contributed by atoms with E-state index in [4.69, 9.17) is 9.72 Å². The number of imidazole rings is 1. The lowest BCUT2D eigenvalue weighted by molar-refractivity contribution is -0.141. The van der Waals surface area contributed by atoms with Crippen LogP contribution < -0.4 is 5.32 Å². The topological polar surface area (TPSA) is 75.9 Å². The number of ether oxygens (including phenoxy) is 1. The molecule has 3 aromatic rings. The molecule has 0 unspecified atom stereocenters. The van der Waals surface area contributed by atoms with Gasteiger partial charge in [0.15, 0.2) is 0 Å². The summed E-state index contributed by atoms with van der Waals surface area (Å²) in [5, 5.41) is 2.53. The molecule has 3 heterocycles. The highest BCUT2D eigenvalue weighted by molar-refractivity contribution is 5.95. The maximum Gasteiger partial charge on any atom is 0.251 e. The van der Waals surface area contributed by atoms with Gasteiger partial charge < -0.3 is 19.4 Å². The van der Waals surface area contributed by atoms with Crippen LogP contribution in [0.15, 0.2) is 30.5 Å². The van der Waals surface area contributed by atoms with E-state index in [1.807, 2.05) is 41.5 Å². The predicted octanol–water partition coefficient (Wildman–Crippen LogP) is 3.30. The summed E-state index contributed by atoms with van der Waals surface area (Å²) in [6, 6.07) is 6.86. The number of morpholine rings is 1. The Morgan fingerprint density at radius 3 is 2.70 bits per heavy atom. The van der Waals surface area contributed by atoms with Gasteiger partial charge in [-0.05, 0) is 56.2 Å². The van der Waals surface area contributed by atoms with Crippen LogP contribution >= 0.6 is 0 Å². The third kappa shape index (κ3) is 4.35. The van der Waals surface area contributed by atoms with Crippen LogP contribution in [0.3, 0.4) is 0 Å². The second-order valence-electron chi connectivity index (χ2n) is 8.75. The Bertz CT molecular complexity index is 1210. The number of hydrogen-bond donors (Lipinski definition) is 1. The molecule has 0 radical (unpaired) electrons. The molecule has 0 bridgehead atoms. The molecular formula is C25H29FN4O3. The van der Waals surface area contributed by atoms with Gasteiger partial charge in [0.05, 0.1) is 30.1 Å². The Morgan fingerprint density at radius 1 is 1.27 bits per heavy atom. The Hall–Kier alpha value is -3.26. The largest absolute Gasteiger partial charge is 0.374 e. The highest BCUT2D eigenvalue weighted by atomic mass is 19.1. The summed E-state index contributed by atoms with van der Waals surface area (Å²) in [7, 11) is 1.52. The minimum absolute atomic E-state index is 0.0106. The van der Waals surface area contributed by atoms with Gasteiger partial charge in [0.1, 0.15) is 11.5 Å². The lowest BCUT2D eigenvalue weighted by atomic mass is 9.98. The van der Waals surface area contributed by atoms with E-state index in [9.17, 15) is 9.59 Å². The molecule has 8 heteroatoms. The summed E-state index contributed by atoms with van der Waals surface area (Å²) >= 11 is 0. The number of amides is 2. The van der Waals surface area contributed by atoms with Gasteiger partial charge >= 0.3 is 0 Å². The van der Waals surface area contributed by atoms with E-state index in [2.05, 4.69) is 5.32 Å². The first-order valence-corrected chi connectivity index (χ1v) is 11.1. The zero-order valence-electron chi connectivity index (χ0n) is 19.6. The fourth-order valence-electron chi connectivity index (χ4n) is 4.51. The molecule has 0 spiro atoms. The molecule has 1 saturated heterocycles. The van der Waals surface area contributed by atoms with E-state index in [1.54, 1.807) is 19.9 Å². The molecule has 0 aliphatic carbocycles. The van der Waals surface area contributed by atoms with Crippen molar-refractivity contribution in [1.82, 2.24) is 19.6 Å². The van der Waals surface area contributed by atoms with Crippen LogP contribution in [0.2, 0.25) is 0 Å². The van der Waals surface area contributed by atoms with Crippen molar-refractivity contribution in [3.63, 3.8) is 0 Å². The van der Waals surface area contributed by atoms with Gasteiger partial charge in [0.2, 0.25) is 5.91 Å². The van der Waals surface area contributed by atoms with Gasteiger partial charge in [-0.15, -0.1) is 0 Å². The van der Waals surface area contributed by atoms with Crippen LogP contribution in [0.1, 0.15) is 41.0 Å². The lowest BCUT2D eigenvalue weighted by Crippen LogP contribution is -2.50. The van der Waals surface area contributed by atoms with E-state index in [0.717, 1.165) is 11.3 Å². The maximum absolute atomic E-state index is 15.4. The number of halogens is 1. The highest BCUT2D eigenvalue weighted by Gasteiger charge is 2.30. The number of fused-ring (bicyclic) bond motifs is 1. The average Bonchev–Trinajstić information content (AvgIpc) is 3.10. The fourth-order valence-corrected chi connectivity index (χ4v) is 4.51. The second kappa shape index (κ2) is 8.94. The molecule has 0 saturated carbocycles. The van der Waals surface area contributed by atoms with Crippen LogP contribution in [0.5, 0.6) is 0 Å². The average molecular weight is 453 g/mol. The maximum atomic E-state index is 15.4. The number of aryl methyl sites for hydroxylation is 2. The first kappa shape index (κ1) is 22.9. The molecule has 4 rings (SSSR count). The normalized spacial score (nSPS) is 18.5. The van der Waals surface area contributed by atoms with E-state index >= 15 is 4.39 Å².